The molecule has 0 fully saturated rings. The molecular formula is C24H21F2N3O4S. The maximum Gasteiger partial charge on any atom is 0.341 e. The van der Waals surface area contributed by atoms with E-state index in [0.717, 1.165) is 11.8 Å². The lowest BCUT2D eigenvalue weighted by atomic mass is 10.2. The average Bonchev–Trinajstić information content (AvgIpc) is 2.82. The Bertz CT molecular complexity index is 1210. The van der Waals surface area contributed by atoms with Crippen molar-refractivity contribution in [3.8, 4) is 0 Å². The van der Waals surface area contributed by atoms with Crippen LogP contribution in [-0.2, 0) is 14.3 Å². The second-order valence-corrected chi connectivity index (χ2v) is 8.43. The van der Waals surface area contributed by atoms with E-state index in [1.165, 1.54) is 61.7 Å². The number of hydrogen-bond acceptors (Lipinski definition) is 6. The van der Waals surface area contributed by atoms with Gasteiger partial charge in [0.05, 0.1) is 22.2 Å². The highest BCUT2D eigenvalue weighted by atomic mass is 32.2. The van der Waals surface area contributed by atoms with Crippen LogP contribution < -0.4 is 10.6 Å². The van der Waals surface area contributed by atoms with Crippen LogP contribution in [0, 0.1) is 11.6 Å². The van der Waals surface area contributed by atoms with Gasteiger partial charge < -0.3 is 15.4 Å². The Morgan fingerprint density at radius 1 is 0.853 bits per heavy atom. The summed E-state index contributed by atoms with van der Waals surface area (Å²) in [5, 5.41) is 4.32. The van der Waals surface area contributed by atoms with E-state index in [4.69, 9.17) is 4.74 Å². The van der Waals surface area contributed by atoms with Gasteiger partial charge in [-0.05, 0) is 50.2 Å². The van der Waals surface area contributed by atoms with E-state index < -0.39 is 40.8 Å². The van der Waals surface area contributed by atoms with Crippen molar-refractivity contribution >= 4 is 40.9 Å². The molecule has 2 amide bonds. The number of pyridine rings is 1. The van der Waals surface area contributed by atoms with Gasteiger partial charge in [0.15, 0.2) is 6.10 Å². The largest absolute Gasteiger partial charge is 0.449 e. The minimum atomic E-state index is -1.23. The van der Waals surface area contributed by atoms with Gasteiger partial charge in [0, 0.05) is 6.20 Å². The average molecular weight is 486 g/mol. The molecule has 1 aromatic heterocycles. The van der Waals surface area contributed by atoms with Crippen LogP contribution in [0.3, 0.4) is 0 Å². The van der Waals surface area contributed by atoms with Crippen molar-refractivity contribution in [3.63, 3.8) is 0 Å². The van der Waals surface area contributed by atoms with Gasteiger partial charge in [-0.15, -0.1) is 0 Å². The molecular weight excluding hydrogens is 464 g/mol. The van der Waals surface area contributed by atoms with Crippen LogP contribution in [0.25, 0.3) is 0 Å². The maximum atomic E-state index is 13.8. The van der Waals surface area contributed by atoms with E-state index in [2.05, 4.69) is 15.6 Å². The maximum absolute atomic E-state index is 13.8. The van der Waals surface area contributed by atoms with Gasteiger partial charge in [0.25, 0.3) is 5.91 Å². The molecule has 3 aromatic rings. The third kappa shape index (κ3) is 6.38. The molecule has 0 aliphatic rings. The minimum Gasteiger partial charge on any atom is -0.449 e. The van der Waals surface area contributed by atoms with E-state index in [-0.39, 0.29) is 22.0 Å². The smallest absolute Gasteiger partial charge is 0.341 e. The number of amides is 2. The molecule has 176 valence electrons. The minimum absolute atomic E-state index is 0.0373. The van der Waals surface area contributed by atoms with Gasteiger partial charge in [0.2, 0.25) is 5.91 Å². The fourth-order valence-electron chi connectivity index (χ4n) is 2.73. The van der Waals surface area contributed by atoms with Crippen molar-refractivity contribution in [3.05, 3.63) is 84.1 Å². The SMILES string of the molecule is CC(OC(=O)c1cccnc1SC(C)C(=O)Nc1ccccc1F)C(=O)Nc1ccccc1F. The monoisotopic (exact) mass is 485 g/mol. The lowest BCUT2D eigenvalue weighted by Gasteiger charge is -2.16. The summed E-state index contributed by atoms with van der Waals surface area (Å²) >= 11 is 0.975. The molecule has 0 spiro atoms. The van der Waals surface area contributed by atoms with Crippen molar-refractivity contribution in [2.45, 2.75) is 30.2 Å². The number of ether oxygens (including phenoxy) is 1. The van der Waals surface area contributed by atoms with Gasteiger partial charge in [-0.1, -0.05) is 36.0 Å². The fraction of sp³-hybridized carbons (Fsp3) is 0.167. The quantitative estimate of drug-likeness (QED) is 0.356. The first kappa shape index (κ1) is 24.8. The van der Waals surface area contributed by atoms with Gasteiger partial charge in [-0.3, -0.25) is 9.59 Å². The zero-order chi connectivity index (χ0) is 24.7. The summed E-state index contributed by atoms with van der Waals surface area (Å²) in [7, 11) is 0. The van der Waals surface area contributed by atoms with Crippen molar-refractivity contribution in [1.29, 1.82) is 0 Å². The molecule has 0 saturated carbocycles. The van der Waals surface area contributed by atoms with Gasteiger partial charge in [-0.2, -0.15) is 0 Å². The van der Waals surface area contributed by atoms with E-state index in [1.54, 1.807) is 19.1 Å². The number of nitrogens with zero attached hydrogens (tertiary/aromatic N) is 1. The van der Waals surface area contributed by atoms with Crippen molar-refractivity contribution in [2.24, 2.45) is 0 Å². The zero-order valence-corrected chi connectivity index (χ0v) is 19.1. The summed E-state index contributed by atoms with van der Waals surface area (Å²) in [4.78, 5) is 41.7. The molecule has 0 aliphatic heterocycles. The standard InChI is InChI=1S/C24H21F2N3O4S/c1-14(21(30)28-19-11-5-3-9-17(19)25)33-24(32)16-8-7-13-27-23(16)34-15(2)22(31)29-20-12-6-4-10-18(20)26/h3-15H,1-2H3,(H,28,30)(H,29,31). The van der Waals surface area contributed by atoms with Gasteiger partial charge in [0.1, 0.15) is 16.7 Å². The second kappa shape index (κ2) is 11.4. The Morgan fingerprint density at radius 3 is 2.00 bits per heavy atom. The number of rotatable bonds is 8. The molecule has 34 heavy (non-hydrogen) atoms. The third-order valence-corrected chi connectivity index (χ3v) is 5.68. The van der Waals surface area contributed by atoms with Gasteiger partial charge >= 0.3 is 5.97 Å². The lowest BCUT2D eigenvalue weighted by Crippen LogP contribution is -2.30. The number of hydrogen-bond donors (Lipinski definition) is 2. The summed E-state index contributed by atoms with van der Waals surface area (Å²) in [6.45, 7) is 2.93. The molecule has 0 aliphatic carbocycles. The second-order valence-electron chi connectivity index (χ2n) is 7.10. The molecule has 10 heteroatoms. The predicted molar refractivity (Wildman–Crippen MR) is 124 cm³/mol. The normalized spacial score (nSPS) is 12.4. The number of anilines is 2. The molecule has 2 atom stereocenters. The van der Waals surface area contributed by atoms with E-state index in [1.807, 2.05) is 0 Å². The number of carbonyl (C=O) groups excluding carboxylic acids is 3. The molecule has 7 nitrogen and oxygen atoms in total. The van der Waals surface area contributed by atoms with Crippen molar-refractivity contribution < 1.29 is 27.9 Å². The van der Waals surface area contributed by atoms with Crippen LogP contribution in [0.5, 0.6) is 0 Å². The Hall–Kier alpha value is -3.79. The number of nitrogens with one attached hydrogen (secondary N) is 2. The van der Waals surface area contributed by atoms with Crippen molar-refractivity contribution in [2.75, 3.05) is 10.6 Å². The number of aromatic nitrogens is 1. The molecule has 3 rings (SSSR count). The molecule has 2 unspecified atom stereocenters. The Balaban J connectivity index is 1.65. The fourth-order valence-corrected chi connectivity index (χ4v) is 3.63. The lowest BCUT2D eigenvalue weighted by molar-refractivity contribution is -0.123. The highest BCUT2D eigenvalue weighted by Gasteiger charge is 2.24. The molecule has 2 aromatic carbocycles. The molecule has 1 heterocycles. The topological polar surface area (TPSA) is 97.4 Å². The number of thioether (sulfide) groups is 1. The molecule has 0 radical (unpaired) electrons. The third-order valence-electron chi connectivity index (χ3n) is 4.57. The van der Waals surface area contributed by atoms with Crippen LogP contribution in [-0.4, -0.2) is 34.1 Å². The van der Waals surface area contributed by atoms with E-state index in [0.29, 0.717) is 0 Å². The number of para-hydroxylation sites is 2. The summed E-state index contributed by atoms with van der Waals surface area (Å²) in [5.41, 5.74) is 0.0431. The van der Waals surface area contributed by atoms with Crippen LogP contribution in [0.15, 0.2) is 71.9 Å². The highest BCUT2D eigenvalue weighted by molar-refractivity contribution is 8.00. The zero-order valence-electron chi connectivity index (χ0n) is 18.2. The van der Waals surface area contributed by atoms with Crippen LogP contribution in [0.2, 0.25) is 0 Å². The Morgan fingerprint density at radius 2 is 1.41 bits per heavy atom. The number of esters is 1. The molecule has 0 bridgehead atoms. The first-order valence-corrected chi connectivity index (χ1v) is 11.1. The van der Waals surface area contributed by atoms with Crippen LogP contribution >= 0.6 is 11.8 Å². The first-order chi connectivity index (χ1) is 16.3. The van der Waals surface area contributed by atoms with E-state index >= 15 is 0 Å². The van der Waals surface area contributed by atoms with Crippen LogP contribution in [0.1, 0.15) is 24.2 Å². The molecule has 2 N–H and O–H groups in total. The van der Waals surface area contributed by atoms with Crippen LogP contribution in [0.4, 0.5) is 20.2 Å². The molecule has 0 saturated heterocycles. The van der Waals surface area contributed by atoms with Crippen molar-refractivity contribution in [1.82, 2.24) is 4.98 Å². The van der Waals surface area contributed by atoms with Gasteiger partial charge in [-0.25, -0.2) is 18.6 Å². The van der Waals surface area contributed by atoms with E-state index in [9.17, 15) is 23.2 Å². The summed E-state index contributed by atoms with van der Waals surface area (Å²) in [5.74, 6) is -3.24. The Labute approximate surface area is 198 Å². The number of carbonyl (C=O) groups is 3. The first-order valence-electron chi connectivity index (χ1n) is 10.2. The number of halogens is 2. The highest BCUT2D eigenvalue weighted by Crippen LogP contribution is 2.27. The summed E-state index contributed by atoms with van der Waals surface area (Å²) < 4.78 is 32.8. The summed E-state index contributed by atoms with van der Waals surface area (Å²) in [6, 6.07) is 14.3. The predicted octanol–water partition coefficient (Wildman–Crippen LogP) is 4.66. The number of benzene rings is 2. The summed E-state index contributed by atoms with van der Waals surface area (Å²) in [6.07, 6.45) is 0.210. The Kier molecular flexibility index (Phi) is 8.31.